The van der Waals surface area contributed by atoms with Gasteiger partial charge in [-0.15, -0.1) is 0 Å². The zero-order valence-electron chi connectivity index (χ0n) is 13.5. The monoisotopic (exact) mass is 408 g/mol. The Kier molecular flexibility index (Phi) is 4.32. The van der Waals surface area contributed by atoms with E-state index in [1.54, 1.807) is 34.0 Å². The Morgan fingerprint density at radius 1 is 0.923 bits per heavy atom. The molecule has 2 heterocycles. The van der Waals surface area contributed by atoms with Crippen LogP contribution in [-0.4, -0.2) is 30.5 Å². The second kappa shape index (κ2) is 6.93. The van der Waals surface area contributed by atoms with Gasteiger partial charge in [-0.05, 0) is 64.5 Å². The van der Waals surface area contributed by atoms with Crippen LogP contribution in [0.15, 0.2) is 78.1 Å². The predicted molar refractivity (Wildman–Crippen MR) is 101 cm³/mol. The summed E-state index contributed by atoms with van der Waals surface area (Å²) < 4.78 is 4.28. The van der Waals surface area contributed by atoms with Crippen molar-refractivity contribution in [3.05, 3.63) is 83.6 Å². The molecule has 2 aromatic heterocycles. The van der Waals surface area contributed by atoms with Crippen molar-refractivity contribution < 1.29 is 4.79 Å². The Balaban J connectivity index is 1.46. The van der Waals surface area contributed by atoms with Crippen LogP contribution in [0.4, 0.5) is 5.69 Å². The normalized spacial score (nSPS) is 10.7. The standard InChI is InChI=1S/C18H13BrN6O/c19-14-9-21-24(10-14)16-5-1-13(2-6-16)18(26)23-15-3-7-17(8-4-15)25-12-20-11-22-25/h1-12H,(H,23,26). The molecular formula is C18H13BrN6O. The molecule has 0 aliphatic carbocycles. The summed E-state index contributed by atoms with van der Waals surface area (Å²) in [6, 6.07) is 14.6. The van der Waals surface area contributed by atoms with E-state index in [9.17, 15) is 4.79 Å². The first-order chi connectivity index (χ1) is 12.7. The number of carbonyl (C=O) groups is 1. The molecule has 0 spiro atoms. The number of aromatic nitrogens is 5. The van der Waals surface area contributed by atoms with Gasteiger partial charge in [-0.3, -0.25) is 4.79 Å². The number of hydrogen-bond donors (Lipinski definition) is 1. The number of nitrogens with zero attached hydrogens (tertiary/aromatic N) is 5. The van der Waals surface area contributed by atoms with Crippen molar-refractivity contribution in [1.29, 1.82) is 0 Å². The van der Waals surface area contributed by atoms with Crippen molar-refractivity contribution in [2.75, 3.05) is 5.32 Å². The predicted octanol–water partition coefficient (Wildman–Crippen LogP) is 3.47. The van der Waals surface area contributed by atoms with Crippen LogP contribution in [-0.2, 0) is 0 Å². The van der Waals surface area contributed by atoms with Gasteiger partial charge in [-0.1, -0.05) is 0 Å². The third kappa shape index (κ3) is 3.40. The van der Waals surface area contributed by atoms with Gasteiger partial charge in [0.2, 0.25) is 0 Å². The van der Waals surface area contributed by atoms with Crippen molar-refractivity contribution in [3.8, 4) is 11.4 Å². The summed E-state index contributed by atoms with van der Waals surface area (Å²) in [4.78, 5) is 16.3. The van der Waals surface area contributed by atoms with E-state index >= 15 is 0 Å². The molecule has 8 heteroatoms. The Morgan fingerprint density at radius 2 is 1.62 bits per heavy atom. The van der Waals surface area contributed by atoms with Crippen molar-refractivity contribution in [2.24, 2.45) is 0 Å². The third-order valence-corrected chi connectivity index (χ3v) is 4.16. The Hall–Kier alpha value is -3.26. The maximum absolute atomic E-state index is 12.4. The van der Waals surface area contributed by atoms with Gasteiger partial charge in [0.05, 0.1) is 22.0 Å². The molecule has 0 saturated heterocycles. The van der Waals surface area contributed by atoms with Crippen LogP contribution in [0.2, 0.25) is 0 Å². The Labute approximate surface area is 157 Å². The molecule has 1 amide bonds. The van der Waals surface area contributed by atoms with Crippen LogP contribution in [0.25, 0.3) is 11.4 Å². The van der Waals surface area contributed by atoms with Gasteiger partial charge in [0, 0.05) is 17.4 Å². The smallest absolute Gasteiger partial charge is 0.255 e. The number of anilines is 1. The van der Waals surface area contributed by atoms with Gasteiger partial charge in [0.25, 0.3) is 5.91 Å². The maximum atomic E-state index is 12.4. The first kappa shape index (κ1) is 16.2. The number of rotatable bonds is 4. The molecular weight excluding hydrogens is 396 g/mol. The molecule has 0 saturated carbocycles. The molecule has 0 aliphatic heterocycles. The first-order valence-electron chi connectivity index (χ1n) is 7.76. The summed E-state index contributed by atoms with van der Waals surface area (Å²) in [5, 5.41) is 11.2. The van der Waals surface area contributed by atoms with Crippen molar-refractivity contribution in [3.63, 3.8) is 0 Å². The first-order valence-corrected chi connectivity index (χ1v) is 8.55. The van der Waals surface area contributed by atoms with Gasteiger partial charge in [0.1, 0.15) is 12.7 Å². The average Bonchev–Trinajstić information content (AvgIpc) is 3.34. The van der Waals surface area contributed by atoms with Crippen LogP contribution in [0.5, 0.6) is 0 Å². The fourth-order valence-corrected chi connectivity index (χ4v) is 2.74. The lowest BCUT2D eigenvalue weighted by atomic mass is 10.2. The second-order valence-corrected chi connectivity index (χ2v) is 6.41. The highest BCUT2D eigenvalue weighted by Gasteiger charge is 2.07. The Morgan fingerprint density at radius 3 is 2.23 bits per heavy atom. The zero-order chi connectivity index (χ0) is 17.9. The maximum Gasteiger partial charge on any atom is 0.255 e. The molecule has 26 heavy (non-hydrogen) atoms. The van der Waals surface area contributed by atoms with Gasteiger partial charge in [0.15, 0.2) is 0 Å². The van der Waals surface area contributed by atoms with Crippen LogP contribution in [0.1, 0.15) is 10.4 Å². The molecule has 4 rings (SSSR count). The van der Waals surface area contributed by atoms with E-state index in [2.05, 4.69) is 36.4 Å². The summed E-state index contributed by atoms with van der Waals surface area (Å²) >= 11 is 3.37. The number of amides is 1. The van der Waals surface area contributed by atoms with Crippen molar-refractivity contribution in [2.45, 2.75) is 0 Å². The number of benzene rings is 2. The number of nitrogens with one attached hydrogen (secondary N) is 1. The van der Waals surface area contributed by atoms with E-state index in [0.717, 1.165) is 15.8 Å². The third-order valence-electron chi connectivity index (χ3n) is 3.75. The SMILES string of the molecule is O=C(Nc1ccc(-n2cncn2)cc1)c1ccc(-n2cc(Br)cn2)cc1. The van der Waals surface area contributed by atoms with Crippen LogP contribution < -0.4 is 5.32 Å². The summed E-state index contributed by atoms with van der Waals surface area (Å²) in [5.74, 6) is -0.174. The topological polar surface area (TPSA) is 77.6 Å². The van der Waals surface area contributed by atoms with E-state index in [1.807, 2.05) is 42.6 Å². The molecule has 128 valence electrons. The fourth-order valence-electron chi connectivity index (χ4n) is 2.45. The lowest BCUT2D eigenvalue weighted by Crippen LogP contribution is -2.12. The molecule has 1 N–H and O–H groups in total. The number of halogens is 1. The lowest BCUT2D eigenvalue weighted by Gasteiger charge is -2.07. The molecule has 0 radical (unpaired) electrons. The van der Waals surface area contributed by atoms with Gasteiger partial charge >= 0.3 is 0 Å². The minimum atomic E-state index is -0.174. The van der Waals surface area contributed by atoms with Gasteiger partial charge in [-0.25, -0.2) is 14.3 Å². The van der Waals surface area contributed by atoms with E-state index < -0.39 is 0 Å². The largest absolute Gasteiger partial charge is 0.322 e. The lowest BCUT2D eigenvalue weighted by molar-refractivity contribution is 0.102. The highest BCUT2D eigenvalue weighted by Crippen LogP contribution is 2.16. The Bertz CT molecular complexity index is 1020. The minimum Gasteiger partial charge on any atom is -0.322 e. The molecule has 4 aromatic rings. The molecule has 0 atom stereocenters. The van der Waals surface area contributed by atoms with Gasteiger partial charge in [-0.2, -0.15) is 10.2 Å². The van der Waals surface area contributed by atoms with Crippen molar-refractivity contribution >= 4 is 27.5 Å². The van der Waals surface area contributed by atoms with E-state index in [-0.39, 0.29) is 5.91 Å². The molecule has 0 unspecified atom stereocenters. The highest BCUT2D eigenvalue weighted by molar-refractivity contribution is 9.10. The van der Waals surface area contributed by atoms with Gasteiger partial charge < -0.3 is 5.32 Å². The zero-order valence-corrected chi connectivity index (χ0v) is 15.0. The van der Waals surface area contributed by atoms with E-state index in [0.29, 0.717) is 11.3 Å². The molecule has 7 nitrogen and oxygen atoms in total. The molecule has 0 bridgehead atoms. The molecule has 0 fully saturated rings. The second-order valence-electron chi connectivity index (χ2n) is 5.49. The van der Waals surface area contributed by atoms with Crippen LogP contribution >= 0.6 is 15.9 Å². The van der Waals surface area contributed by atoms with Crippen LogP contribution in [0.3, 0.4) is 0 Å². The van der Waals surface area contributed by atoms with E-state index in [1.165, 1.54) is 6.33 Å². The molecule has 0 aliphatic rings. The molecule has 2 aromatic carbocycles. The van der Waals surface area contributed by atoms with Crippen molar-refractivity contribution in [1.82, 2.24) is 24.5 Å². The number of carbonyl (C=O) groups excluding carboxylic acids is 1. The summed E-state index contributed by atoms with van der Waals surface area (Å²) in [5.41, 5.74) is 3.03. The quantitative estimate of drug-likeness (QED) is 0.560. The summed E-state index contributed by atoms with van der Waals surface area (Å²) in [6.07, 6.45) is 6.66. The van der Waals surface area contributed by atoms with Crippen LogP contribution in [0, 0.1) is 0 Å². The fraction of sp³-hybridized carbons (Fsp3) is 0. The summed E-state index contributed by atoms with van der Waals surface area (Å²) in [6.45, 7) is 0. The minimum absolute atomic E-state index is 0.174. The average molecular weight is 409 g/mol. The summed E-state index contributed by atoms with van der Waals surface area (Å²) in [7, 11) is 0. The number of hydrogen-bond acceptors (Lipinski definition) is 4. The highest BCUT2D eigenvalue weighted by atomic mass is 79.9. The van der Waals surface area contributed by atoms with E-state index in [4.69, 9.17) is 0 Å².